The molecule has 0 aromatic heterocycles. The minimum absolute atomic E-state index is 0.0853. The van der Waals surface area contributed by atoms with Gasteiger partial charge in [0.05, 0.1) is 16.1 Å². The third kappa shape index (κ3) is 3.97. The Balaban J connectivity index is 2.47. The maximum Gasteiger partial charge on any atom is 0.335 e. The minimum Gasteiger partial charge on any atom is -0.755 e. The maximum atomic E-state index is 11.0. The maximum absolute atomic E-state index is 11.0. The molecular formula is C13H11N2O4S2-. The monoisotopic (exact) mass is 323 g/mol. The SMILES string of the molecule is Nc1cc(C(=O)O)cc(NS(=O)[O-])c1Sc1ccccc1. The first kappa shape index (κ1) is 15.4. The van der Waals surface area contributed by atoms with E-state index in [9.17, 15) is 13.6 Å². The van der Waals surface area contributed by atoms with E-state index in [4.69, 9.17) is 10.8 Å². The highest BCUT2D eigenvalue weighted by atomic mass is 32.2. The fourth-order valence-corrected chi connectivity index (χ4v) is 2.99. The largest absolute Gasteiger partial charge is 0.755 e. The van der Waals surface area contributed by atoms with Gasteiger partial charge in [-0.05, 0) is 24.3 Å². The summed E-state index contributed by atoms with van der Waals surface area (Å²) in [5.41, 5.74) is 6.10. The van der Waals surface area contributed by atoms with Gasteiger partial charge in [0.2, 0.25) is 0 Å². The van der Waals surface area contributed by atoms with Gasteiger partial charge in [-0.3, -0.25) is 4.21 Å². The van der Waals surface area contributed by atoms with Gasteiger partial charge in [0, 0.05) is 21.8 Å². The number of rotatable bonds is 5. The van der Waals surface area contributed by atoms with Crippen LogP contribution in [0.25, 0.3) is 0 Å². The fraction of sp³-hybridized carbons (Fsp3) is 0. The third-order valence-corrected chi connectivity index (χ3v) is 4.08. The molecule has 110 valence electrons. The molecule has 0 saturated carbocycles. The first-order chi connectivity index (χ1) is 9.97. The topological polar surface area (TPSA) is 115 Å². The van der Waals surface area contributed by atoms with Crippen molar-refractivity contribution < 1.29 is 18.7 Å². The zero-order valence-electron chi connectivity index (χ0n) is 10.6. The summed E-state index contributed by atoms with van der Waals surface area (Å²) in [6.45, 7) is 0. The summed E-state index contributed by atoms with van der Waals surface area (Å²) in [5.74, 6) is -1.18. The summed E-state index contributed by atoms with van der Waals surface area (Å²) in [4.78, 5) is 12.3. The third-order valence-electron chi connectivity index (χ3n) is 2.52. The van der Waals surface area contributed by atoms with Crippen molar-refractivity contribution in [3.63, 3.8) is 0 Å². The number of benzene rings is 2. The molecule has 0 aliphatic carbocycles. The molecule has 2 aromatic carbocycles. The molecule has 0 radical (unpaired) electrons. The Labute approximate surface area is 127 Å². The van der Waals surface area contributed by atoms with Crippen molar-refractivity contribution in [2.45, 2.75) is 9.79 Å². The highest BCUT2D eigenvalue weighted by Crippen LogP contribution is 2.38. The number of carbonyl (C=O) groups is 1. The molecule has 0 amide bonds. The Morgan fingerprint density at radius 2 is 1.95 bits per heavy atom. The fourth-order valence-electron chi connectivity index (χ4n) is 1.66. The number of aromatic carboxylic acids is 1. The van der Waals surface area contributed by atoms with E-state index in [1.54, 1.807) is 0 Å². The van der Waals surface area contributed by atoms with Gasteiger partial charge < -0.3 is 20.1 Å². The molecule has 0 aliphatic heterocycles. The van der Waals surface area contributed by atoms with E-state index in [-0.39, 0.29) is 16.9 Å². The summed E-state index contributed by atoms with van der Waals surface area (Å²) < 4.78 is 23.9. The molecule has 1 atom stereocenters. The number of nitrogen functional groups attached to an aromatic ring is 1. The molecule has 4 N–H and O–H groups in total. The van der Waals surface area contributed by atoms with Crippen LogP contribution in [0, 0.1) is 0 Å². The summed E-state index contributed by atoms with van der Waals surface area (Å²) in [6.07, 6.45) is 0. The van der Waals surface area contributed by atoms with E-state index in [0.29, 0.717) is 4.90 Å². The number of hydrogen-bond acceptors (Lipinski definition) is 5. The molecule has 0 fully saturated rings. The lowest BCUT2D eigenvalue weighted by Crippen LogP contribution is -2.07. The molecular weight excluding hydrogens is 312 g/mol. The predicted octanol–water partition coefficient (Wildman–Crippen LogP) is 2.32. The summed E-state index contributed by atoms with van der Waals surface area (Å²) in [5, 5.41) is 9.00. The van der Waals surface area contributed by atoms with Crippen molar-refractivity contribution >= 4 is 40.4 Å². The number of carboxylic acids is 1. The lowest BCUT2D eigenvalue weighted by atomic mass is 10.2. The van der Waals surface area contributed by atoms with Gasteiger partial charge in [0.15, 0.2) is 0 Å². The average molecular weight is 323 g/mol. The Morgan fingerprint density at radius 3 is 2.52 bits per heavy atom. The highest BCUT2D eigenvalue weighted by Gasteiger charge is 2.14. The van der Waals surface area contributed by atoms with E-state index in [2.05, 4.69) is 4.72 Å². The van der Waals surface area contributed by atoms with Crippen molar-refractivity contribution in [2.24, 2.45) is 0 Å². The molecule has 0 spiro atoms. The van der Waals surface area contributed by atoms with Gasteiger partial charge in [0.25, 0.3) is 0 Å². The van der Waals surface area contributed by atoms with Crippen LogP contribution in [0.15, 0.2) is 52.3 Å². The Morgan fingerprint density at radius 1 is 1.29 bits per heavy atom. The summed E-state index contributed by atoms with van der Waals surface area (Å²) >= 11 is -1.33. The second-order valence-electron chi connectivity index (χ2n) is 4.00. The van der Waals surface area contributed by atoms with Crippen LogP contribution in [0.3, 0.4) is 0 Å². The minimum atomic E-state index is -2.58. The van der Waals surface area contributed by atoms with Crippen LogP contribution < -0.4 is 10.5 Å². The Kier molecular flexibility index (Phi) is 4.84. The van der Waals surface area contributed by atoms with Gasteiger partial charge in [-0.25, -0.2) is 4.79 Å². The molecule has 8 heteroatoms. The zero-order chi connectivity index (χ0) is 15.4. The van der Waals surface area contributed by atoms with Crippen molar-refractivity contribution in [1.29, 1.82) is 0 Å². The molecule has 0 bridgehead atoms. The van der Waals surface area contributed by atoms with Crippen molar-refractivity contribution in [1.82, 2.24) is 0 Å². The predicted molar refractivity (Wildman–Crippen MR) is 80.9 cm³/mol. The molecule has 6 nitrogen and oxygen atoms in total. The molecule has 0 aliphatic rings. The molecule has 21 heavy (non-hydrogen) atoms. The van der Waals surface area contributed by atoms with Crippen molar-refractivity contribution in [3.8, 4) is 0 Å². The van der Waals surface area contributed by atoms with Crippen LogP contribution in [0.1, 0.15) is 10.4 Å². The molecule has 2 rings (SSSR count). The highest BCUT2D eigenvalue weighted by molar-refractivity contribution is 7.99. The second-order valence-corrected chi connectivity index (χ2v) is 5.76. The first-order valence-electron chi connectivity index (χ1n) is 5.73. The van der Waals surface area contributed by atoms with Crippen LogP contribution in [0.5, 0.6) is 0 Å². The van der Waals surface area contributed by atoms with Gasteiger partial charge in [0.1, 0.15) is 0 Å². The number of nitrogens with one attached hydrogen (secondary N) is 1. The number of carboxylic acid groups (broad SMARTS) is 1. The van der Waals surface area contributed by atoms with Gasteiger partial charge in [-0.15, -0.1) is 0 Å². The summed E-state index contributed by atoms with van der Waals surface area (Å²) in [6, 6.07) is 11.7. The lowest BCUT2D eigenvalue weighted by Gasteiger charge is -2.16. The van der Waals surface area contributed by atoms with Crippen LogP contribution >= 0.6 is 11.8 Å². The van der Waals surface area contributed by atoms with Crippen LogP contribution in [0.4, 0.5) is 11.4 Å². The van der Waals surface area contributed by atoms with Crippen LogP contribution in [0.2, 0.25) is 0 Å². The van der Waals surface area contributed by atoms with Gasteiger partial charge in [-0.1, -0.05) is 30.0 Å². The second kappa shape index (κ2) is 6.61. The lowest BCUT2D eigenvalue weighted by molar-refractivity contribution is 0.0697. The number of anilines is 2. The smallest absolute Gasteiger partial charge is 0.335 e. The van der Waals surface area contributed by atoms with E-state index >= 15 is 0 Å². The van der Waals surface area contributed by atoms with Crippen molar-refractivity contribution in [2.75, 3.05) is 10.5 Å². The van der Waals surface area contributed by atoms with Gasteiger partial charge >= 0.3 is 5.97 Å². The molecule has 0 saturated heterocycles. The van der Waals surface area contributed by atoms with Crippen molar-refractivity contribution in [3.05, 3.63) is 48.0 Å². The molecule has 0 heterocycles. The van der Waals surface area contributed by atoms with E-state index in [1.165, 1.54) is 23.9 Å². The standard InChI is InChI=1S/C13H12N2O4S2/c14-10-6-8(13(16)17)7-11(15-21(18)19)12(10)20-9-4-2-1-3-5-9/h1-7,15H,14H2,(H,16,17)(H,18,19)/p-1. The van der Waals surface area contributed by atoms with E-state index in [0.717, 1.165) is 4.90 Å². The normalized spacial score (nSPS) is 11.9. The average Bonchev–Trinajstić information content (AvgIpc) is 2.42. The van der Waals surface area contributed by atoms with Crippen LogP contribution in [-0.2, 0) is 11.3 Å². The van der Waals surface area contributed by atoms with Crippen LogP contribution in [-0.4, -0.2) is 19.8 Å². The first-order valence-corrected chi connectivity index (χ1v) is 7.62. The quantitative estimate of drug-likeness (QED) is 0.574. The van der Waals surface area contributed by atoms with Gasteiger partial charge in [-0.2, -0.15) is 0 Å². The Hall–Kier alpha value is -2.03. The Bertz CT molecular complexity index is 692. The van der Waals surface area contributed by atoms with E-state index < -0.39 is 17.2 Å². The zero-order valence-corrected chi connectivity index (χ0v) is 12.2. The number of nitrogens with two attached hydrogens (primary N) is 1. The summed E-state index contributed by atoms with van der Waals surface area (Å²) in [7, 11) is 0. The number of hydrogen-bond donors (Lipinski definition) is 3. The molecule has 1 unspecified atom stereocenters. The van der Waals surface area contributed by atoms with E-state index in [1.807, 2.05) is 30.3 Å². The molecule has 2 aromatic rings.